The minimum atomic E-state index is -0.144. The molecule has 0 fully saturated rings. The Bertz CT molecular complexity index is 161. The van der Waals surface area contributed by atoms with Crippen molar-refractivity contribution in [1.29, 1.82) is 5.26 Å². The van der Waals surface area contributed by atoms with Crippen LogP contribution in [0.5, 0.6) is 0 Å². The molecular weight excluding hydrogens is 180 g/mol. The van der Waals surface area contributed by atoms with Crippen LogP contribution in [0.25, 0.3) is 0 Å². The minimum absolute atomic E-state index is 0.144. The van der Waals surface area contributed by atoms with Crippen molar-refractivity contribution >= 4 is 11.8 Å². The molecule has 0 rings (SSSR count). The van der Waals surface area contributed by atoms with Crippen LogP contribution < -0.4 is 5.73 Å². The number of nitrogens with two attached hydrogens (primary N) is 1. The van der Waals surface area contributed by atoms with Crippen LogP contribution in [0.15, 0.2) is 0 Å². The summed E-state index contributed by atoms with van der Waals surface area (Å²) in [4.78, 5) is 0. The molecule has 0 aromatic carbocycles. The maximum absolute atomic E-state index is 8.76. The summed E-state index contributed by atoms with van der Waals surface area (Å²) in [7, 11) is 0. The molecule has 0 aromatic rings. The van der Waals surface area contributed by atoms with Crippen LogP contribution in [0.2, 0.25) is 0 Å². The lowest BCUT2D eigenvalue weighted by molar-refractivity contribution is 0.448. The first-order valence-electron chi connectivity index (χ1n) is 4.81. The largest absolute Gasteiger partial charge is 0.330 e. The van der Waals surface area contributed by atoms with E-state index in [0.717, 1.165) is 37.3 Å². The minimum Gasteiger partial charge on any atom is -0.330 e. The van der Waals surface area contributed by atoms with Crippen LogP contribution in [-0.2, 0) is 0 Å². The fraction of sp³-hybridized carbons (Fsp3) is 0.900. The van der Waals surface area contributed by atoms with E-state index < -0.39 is 0 Å². The van der Waals surface area contributed by atoms with Gasteiger partial charge in [-0.15, -0.1) is 0 Å². The van der Waals surface area contributed by atoms with Gasteiger partial charge in [0.05, 0.1) is 11.5 Å². The quantitative estimate of drug-likeness (QED) is 0.642. The molecule has 2 N–H and O–H groups in total. The van der Waals surface area contributed by atoms with Gasteiger partial charge in [-0.3, -0.25) is 0 Å². The van der Waals surface area contributed by atoms with Gasteiger partial charge in [-0.25, -0.2) is 0 Å². The third kappa shape index (κ3) is 8.14. The highest BCUT2D eigenvalue weighted by molar-refractivity contribution is 7.99. The molecule has 0 radical (unpaired) electrons. The average molecular weight is 200 g/mol. The fourth-order valence-electron chi connectivity index (χ4n) is 0.960. The maximum Gasteiger partial charge on any atom is 0.0683 e. The predicted molar refractivity (Wildman–Crippen MR) is 59.6 cm³/mol. The second kappa shape index (κ2) is 7.23. The summed E-state index contributed by atoms with van der Waals surface area (Å²) >= 11 is 1.94. The van der Waals surface area contributed by atoms with Crippen molar-refractivity contribution in [3.8, 4) is 6.07 Å². The first-order valence-corrected chi connectivity index (χ1v) is 5.97. The molecule has 0 bridgehead atoms. The Kier molecular flexibility index (Phi) is 7.12. The number of nitrogens with zero attached hydrogens (tertiary/aromatic N) is 1. The van der Waals surface area contributed by atoms with E-state index >= 15 is 0 Å². The molecule has 0 saturated carbocycles. The summed E-state index contributed by atoms with van der Waals surface area (Å²) in [6.07, 6.45) is 3.24. The summed E-state index contributed by atoms with van der Waals surface area (Å²) in [5, 5.41) is 8.76. The van der Waals surface area contributed by atoms with E-state index in [2.05, 4.69) is 6.07 Å². The van der Waals surface area contributed by atoms with E-state index in [4.69, 9.17) is 11.0 Å². The van der Waals surface area contributed by atoms with Crippen molar-refractivity contribution in [3.05, 3.63) is 0 Å². The van der Waals surface area contributed by atoms with Gasteiger partial charge in [0.2, 0.25) is 0 Å². The summed E-state index contributed by atoms with van der Waals surface area (Å²) in [5.74, 6) is 2.31. The zero-order valence-electron chi connectivity index (χ0n) is 8.68. The van der Waals surface area contributed by atoms with Crippen LogP contribution in [0.4, 0.5) is 0 Å². The molecule has 0 heterocycles. The van der Waals surface area contributed by atoms with Crippen LogP contribution >= 0.6 is 11.8 Å². The van der Waals surface area contributed by atoms with E-state index in [1.807, 2.05) is 25.6 Å². The molecule has 13 heavy (non-hydrogen) atoms. The zero-order valence-corrected chi connectivity index (χ0v) is 9.49. The van der Waals surface area contributed by atoms with Crippen molar-refractivity contribution in [3.63, 3.8) is 0 Å². The van der Waals surface area contributed by atoms with Gasteiger partial charge in [0, 0.05) is 0 Å². The van der Waals surface area contributed by atoms with Crippen molar-refractivity contribution in [1.82, 2.24) is 0 Å². The molecule has 0 aromatic heterocycles. The molecule has 0 atom stereocenters. The highest BCUT2D eigenvalue weighted by Gasteiger charge is 2.15. The predicted octanol–water partition coefficient (Wildman–Crippen LogP) is 2.40. The number of nitriles is 1. The van der Waals surface area contributed by atoms with E-state index in [1.165, 1.54) is 0 Å². The van der Waals surface area contributed by atoms with Gasteiger partial charge in [0.15, 0.2) is 0 Å². The smallest absolute Gasteiger partial charge is 0.0683 e. The van der Waals surface area contributed by atoms with Crippen LogP contribution in [0.3, 0.4) is 0 Å². The van der Waals surface area contributed by atoms with Gasteiger partial charge in [-0.2, -0.15) is 17.0 Å². The van der Waals surface area contributed by atoms with Gasteiger partial charge in [-0.05, 0) is 51.2 Å². The monoisotopic (exact) mass is 200 g/mol. The third-order valence-corrected chi connectivity index (χ3v) is 3.04. The highest BCUT2D eigenvalue weighted by Crippen LogP contribution is 2.21. The molecule has 0 aliphatic rings. The summed E-state index contributed by atoms with van der Waals surface area (Å²) < 4.78 is 0. The van der Waals surface area contributed by atoms with E-state index in [-0.39, 0.29) is 5.41 Å². The van der Waals surface area contributed by atoms with E-state index in [0.29, 0.717) is 0 Å². The summed E-state index contributed by atoms with van der Waals surface area (Å²) in [6.45, 7) is 4.78. The fourth-order valence-corrected chi connectivity index (χ4v) is 1.88. The molecule has 3 heteroatoms. The van der Waals surface area contributed by atoms with Crippen molar-refractivity contribution in [2.75, 3.05) is 18.1 Å². The average Bonchev–Trinajstić information content (AvgIpc) is 2.11. The topological polar surface area (TPSA) is 49.8 Å². The second-order valence-corrected chi connectivity index (χ2v) is 5.08. The Hall–Kier alpha value is -0.200. The lowest BCUT2D eigenvalue weighted by atomic mass is 9.90. The summed E-state index contributed by atoms with van der Waals surface area (Å²) in [5.41, 5.74) is 5.23. The van der Waals surface area contributed by atoms with Gasteiger partial charge in [-0.1, -0.05) is 0 Å². The van der Waals surface area contributed by atoms with Crippen LogP contribution in [-0.4, -0.2) is 18.1 Å². The zero-order chi connectivity index (χ0) is 10.2. The Labute approximate surface area is 85.9 Å². The highest BCUT2D eigenvalue weighted by atomic mass is 32.2. The standard InChI is InChI=1S/C10H20N2S/c1-10(2,9-12)5-3-7-13-8-4-6-11/h3-8,11H2,1-2H3. The molecular formula is C10H20N2S. The van der Waals surface area contributed by atoms with Gasteiger partial charge >= 0.3 is 0 Å². The van der Waals surface area contributed by atoms with Gasteiger partial charge in [0.25, 0.3) is 0 Å². The number of thioether (sulfide) groups is 1. The van der Waals surface area contributed by atoms with Gasteiger partial charge in [0.1, 0.15) is 0 Å². The van der Waals surface area contributed by atoms with Gasteiger partial charge < -0.3 is 5.73 Å². The molecule has 0 spiro atoms. The molecule has 76 valence electrons. The van der Waals surface area contributed by atoms with E-state index in [1.54, 1.807) is 0 Å². The maximum atomic E-state index is 8.76. The lowest BCUT2D eigenvalue weighted by Crippen LogP contribution is -2.07. The SMILES string of the molecule is CC(C)(C#N)CCCSCCCN. The molecule has 0 unspecified atom stereocenters. The van der Waals surface area contributed by atoms with Crippen LogP contribution in [0, 0.1) is 16.7 Å². The molecule has 2 nitrogen and oxygen atoms in total. The van der Waals surface area contributed by atoms with Crippen molar-refractivity contribution < 1.29 is 0 Å². The molecule has 0 saturated heterocycles. The van der Waals surface area contributed by atoms with Crippen LogP contribution in [0.1, 0.15) is 33.1 Å². The van der Waals surface area contributed by atoms with Crippen molar-refractivity contribution in [2.45, 2.75) is 33.1 Å². The summed E-state index contributed by atoms with van der Waals surface area (Å²) in [6, 6.07) is 2.31. The number of hydrogen-bond acceptors (Lipinski definition) is 3. The first-order chi connectivity index (χ1) is 6.12. The lowest BCUT2D eigenvalue weighted by Gasteiger charge is -2.13. The molecule has 0 aliphatic heterocycles. The molecule has 0 aliphatic carbocycles. The Morgan fingerprint density at radius 3 is 2.46 bits per heavy atom. The third-order valence-electron chi connectivity index (χ3n) is 1.89. The molecule has 0 amide bonds. The normalized spacial score (nSPS) is 11.2. The first kappa shape index (κ1) is 12.8. The Morgan fingerprint density at radius 1 is 1.31 bits per heavy atom. The van der Waals surface area contributed by atoms with E-state index in [9.17, 15) is 0 Å². The Balaban J connectivity index is 3.22. The Morgan fingerprint density at radius 2 is 1.92 bits per heavy atom. The van der Waals surface area contributed by atoms with Crippen molar-refractivity contribution in [2.24, 2.45) is 11.1 Å². The number of hydrogen-bond donors (Lipinski definition) is 1. The number of rotatable bonds is 7. The second-order valence-electron chi connectivity index (χ2n) is 3.85.